The molecule has 0 amide bonds. The van der Waals surface area contributed by atoms with E-state index in [0.29, 0.717) is 24.4 Å². The number of aromatic carboxylic acids is 1. The van der Waals surface area contributed by atoms with Gasteiger partial charge in [-0.3, -0.25) is 14.8 Å². The maximum atomic E-state index is 12.5. The van der Waals surface area contributed by atoms with E-state index in [1.54, 1.807) is 0 Å². The van der Waals surface area contributed by atoms with Gasteiger partial charge in [-0.15, -0.1) is 0 Å². The Bertz CT molecular complexity index is 1130. The van der Waals surface area contributed by atoms with Crippen LogP contribution in [-0.4, -0.2) is 26.3 Å². The molecule has 1 aromatic heterocycles. The van der Waals surface area contributed by atoms with Crippen molar-refractivity contribution in [1.82, 2.24) is 9.55 Å². The second-order valence-electron chi connectivity index (χ2n) is 6.56. The van der Waals surface area contributed by atoms with Gasteiger partial charge in [-0.1, -0.05) is 36.4 Å². The highest BCUT2D eigenvalue weighted by Crippen LogP contribution is 2.25. The second kappa shape index (κ2) is 6.68. The number of carbonyl (C=O) groups is 1. The van der Waals surface area contributed by atoms with Gasteiger partial charge < -0.3 is 5.11 Å². The van der Waals surface area contributed by atoms with Crippen LogP contribution in [-0.2, 0) is 0 Å². The second-order valence-corrected chi connectivity index (χ2v) is 6.56. The van der Waals surface area contributed by atoms with Crippen LogP contribution in [0.1, 0.15) is 42.0 Å². The number of hydrazone groups is 1. The lowest BCUT2D eigenvalue weighted by Gasteiger charge is -2.25. The van der Waals surface area contributed by atoms with E-state index in [2.05, 4.69) is 15.5 Å². The smallest absolute Gasteiger partial charge is 0.342 e. The minimum absolute atomic E-state index is 0.129. The van der Waals surface area contributed by atoms with E-state index in [1.165, 1.54) is 4.57 Å². The summed E-state index contributed by atoms with van der Waals surface area (Å²) < 4.78 is 1.43. The number of carboxylic acid groups (broad SMARTS) is 1. The van der Waals surface area contributed by atoms with E-state index >= 15 is 0 Å². The Kier molecular flexibility index (Phi) is 4.19. The summed E-state index contributed by atoms with van der Waals surface area (Å²) in [6.45, 7) is 1.88. The number of hydrogen-bond donors (Lipinski definition) is 2. The third-order valence-corrected chi connectivity index (χ3v) is 4.82. The van der Waals surface area contributed by atoms with Crippen LogP contribution in [0.15, 0.2) is 58.6 Å². The van der Waals surface area contributed by atoms with Gasteiger partial charge >= 0.3 is 5.97 Å². The van der Waals surface area contributed by atoms with Gasteiger partial charge in [0.2, 0.25) is 0 Å². The molecule has 7 nitrogen and oxygen atoms in total. The lowest BCUT2D eigenvalue weighted by molar-refractivity contribution is 0.0693. The zero-order valence-corrected chi connectivity index (χ0v) is 14.7. The fourth-order valence-corrected chi connectivity index (χ4v) is 3.38. The fourth-order valence-electron chi connectivity index (χ4n) is 3.38. The molecule has 7 heteroatoms. The Morgan fingerprint density at radius 3 is 2.85 bits per heavy atom. The van der Waals surface area contributed by atoms with Crippen molar-refractivity contribution in [2.75, 3.05) is 5.43 Å². The van der Waals surface area contributed by atoms with Gasteiger partial charge in [0.05, 0.1) is 5.69 Å². The molecule has 0 radical (unpaired) electrons. The van der Waals surface area contributed by atoms with Crippen LogP contribution < -0.4 is 11.0 Å². The molecule has 0 aliphatic carbocycles. The predicted molar refractivity (Wildman–Crippen MR) is 104 cm³/mol. The van der Waals surface area contributed by atoms with Crippen molar-refractivity contribution in [2.24, 2.45) is 5.10 Å². The number of nitrogens with zero attached hydrogens (tertiary/aromatic N) is 3. The maximum Gasteiger partial charge on any atom is 0.342 e. The molecule has 2 aromatic carbocycles. The van der Waals surface area contributed by atoms with E-state index in [0.717, 1.165) is 22.7 Å². The zero-order chi connectivity index (χ0) is 19.0. The topological polar surface area (TPSA) is 96.6 Å². The van der Waals surface area contributed by atoms with Crippen molar-refractivity contribution in [3.05, 3.63) is 70.4 Å². The molecule has 1 aliphatic rings. The number of aromatic nitrogens is 2. The number of rotatable bonds is 3. The number of carboxylic acids is 1. The molecule has 0 spiro atoms. The molecule has 0 saturated carbocycles. The number of fused-ring (bicyclic) bond motifs is 2. The monoisotopic (exact) mass is 362 g/mol. The molecular weight excluding hydrogens is 344 g/mol. The van der Waals surface area contributed by atoms with Crippen LogP contribution >= 0.6 is 0 Å². The minimum atomic E-state index is -1.27. The first-order chi connectivity index (χ1) is 13.1. The lowest BCUT2D eigenvalue weighted by atomic mass is 10.0. The first-order valence-electron chi connectivity index (χ1n) is 8.72. The third-order valence-electron chi connectivity index (χ3n) is 4.82. The van der Waals surface area contributed by atoms with Crippen LogP contribution in [0.2, 0.25) is 0 Å². The van der Waals surface area contributed by atoms with Crippen molar-refractivity contribution < 1.29 is 9.90 Å². The first kappa shape index (κ1) is 17.0. The van der Waals surface area contributed by atoms with Crippen molar-refractivity contribution in [3.8, 4) is 0 Å². The quantitative estimate of drug-likeness (QED) is 0.697. The van der Waals surface area contributed by atoms with Crippen molar-refractivity contribution in [3.63, 3.8) is 0 Å². The summed E-state index contributed by atoms with van der Waals surface area (Å²) in [5.74, 6) is -0.857. The van der Waals surface area contributed by atoms with Gasteiger partial charge in [-0.05, 0) is 31.2 Å². The highest BCUT2D eigenvalue weighted by atomic mass is 16.4. The van der Waals surface area contributed by atoms with E-state index < -0.39 is 11.5 Å². The van der Waals surface area contributed by atoms with E-state index in [-0.39, 0.29) is 11.6 Å². The number of benzene rings is 2. The summed E-state index contributed by atoms with van der Waals surface area (Å²) in [7, 11) is 0. The molecule has 1 aliphatic heterocycles. The third kappa shape index (κ3) is 2.97. The van der Waals surface area contributed by atoms with Crippen LogP contribution in [0.5, 0.6) is 0 Å². The molecule has 3 aromatic rings. The summed E-state index contributed by atoms with van der Waals surface area (Å²) in [5, 5.41) is 15.8. The van der Waals surface area contributed by atoms with E-state index in [9.17, 15) is 14.7 Å². The number of nitrogens with one attached hydrogen (secondary N) is 1. The van der Waals surface area contributed by atoms with Crippen LogP contribution in [0.4, 0.5) is 5.69 Å². The van der Waals surface area contributed by atoms with Gasteiger partial charge in [0, 0.05) is 17.6 Å². The van der Waals surface area contributed by atoms with Gasteiger partial charge in [-0.2, -0.15) is 5.10 Å². The van der Waals surface area contributed by atoms with E-state index in [4.69, 9.17) is 0 Å². The molecule has 0 saturated heterocycles. The molecular formula is C20H18N4O3. The minimum Gasteiger partial charge on any atom is -0.477 e. The summed E-state index contributed by atoms with van der Waals surface area (Å²) in [6.07, 6.45) is 2.45. The Morgan fingerprint density at radius 2 is 2.04 bits per heavy atom. The van der Waals surface area contributed by atoms with Gasteiger partial charge in [-0.25, -0.2) is 9.78 Å². The molecule has 2 N–H and O–H groups in total. The Balaban J connectivity index is 1.76. The summed E-state index contributed by atoms with van der Waals surface area (Å²) in [5.41, 5.74) is 3.71. The number of anilines is 1. The van der Waals surface area contributed by atoms with Gasteiger partial charge in [0.1, 0.15) is 11.3 Å². The maximum absolute atomic E-state index is 12.5. The highest BCUT2D eigenvalue weighted by Gasteiger charge is 2.26. The molecule has 4 rings (SSSR count). The van der Waals surface area contributed by atoms with Crippen molar-refractivity contribution in [1.29, 1.82) is 0 Å². The molecule has 0 bridgehead atoms. The Labute approximate surface area is 155 Å². The molecule has 27 heavy (non-hydrogen) atoms. The molecule has 0 fully saturated rings. The van der Waals surface area contributed by atoms with Gasteiger partial charge in [0.25, 0.3) is 5.56 Å². The predicted octanol–water partition coefficient (Wildman–Crippen LogP) is 3.27. The van der Waals surface area contributed by atoms with Crippen LogP contribution in [0.25, 0.3) is 10.8 Å². The highest BCUT2D eigenvalue weighted by molar-refractivity contribution is 6.00. The normalized spacial score (nSPS) is 17.7. The largest absolute Gasteiger partial charge is 0.477 e. The fraction of sp³-hybridized carbons (Fsp3) is 0.200. The average molecular weight is 362 g/mol. The first-order valence-corrected chi connectivity index (χ1v) is 8.72. The molecule has 1 unspecified atom stereocenters. The van der Waals surface area contributed by atoms with Crippen LogP contribution in [0.3, 0.4) is 0 Å². The summed E-state index contributed by atoms with van der Waals surface area (Å²) >= 11 is 0. The SMILES string of the molecule is CC1CCC(=NNc2cccc3ccccc23)c2ncc(C(=O)O)c(=O)n21. The van der Waals surface area contributed by atoms with E-state index in [1.807, 2.05) is 49.4 Å². The van der Waals surface area contributed by atoms with Crippen molar-refractivity contribution >= 4 is 28.1 Å². The van der Waals surface area contributed by atoms with Crippen LogP contribution in [0, 0.1) is 0 Å². The number of hydrogen-bond acceptors (Lipinski definition) is 5. The standard InChI is InChI=1S/C20H18N4O3/c1-12-9-10-17(18-21-11-15(20(26)27)19(25)24(12)18)23-22-16-8-4-6-13-5-2-3-7-14(13)16/h2-8,11-12,22H,9-10H2,1H3,(H,26,27). The molecule has 1 atom stereocenters. The summed E-state index contributed by atoms with van der Waals surface area (Å²) in [4.78, 5) is 28.0. The Morgan fingerprint density at radius 1 is 1.26 bits per heavy atom. The molecule has 136 valence electrons. The van der Waals surface area contributed by atoms with Gasteiger partial charge in [0.15, 0.2) is 5.82 Å². The van der Waals surface area contributed by atoms with Crippen molar-refractivity contribution in [2.45, 2.75) is 25.8 Å². The zero-order valence-electron chi connectivity index (χ0n) is 14.7. The summed E-state index contributed by atoms with van der Waals surface area (Å²) in [6, 6.07) is 13.8. The Hall–Kier alpha value is -3.48. The lowest BCUT2D eigenvalue weighted by Crippen LogP contribution is -2.37. The average Bonchev–Trinajstić information content (AvgIpc) is 2.67. The molecule has 2 heterocycles.